The number of likely N-dealkylation sites (tertiary alicyclic amines) is 1. The van der Waals surface area contributed by atoms with Crippen molar-refractivity contribution < 1.29 is 4.42 Å². The third kappa shape index (κ3) is 3.08. The lowest BCUT2D eigenvalue weighted by atomic mass is 10.0. The van der Waals surface area contributed by atoms with E-state index >= 15 is 0 Å². The number of para-hydroxylation sites is 1. The van der Waals surface area contributed by atoms with Crippen LogP contribution in [0, 0.1) is 0 Å². The van der Waals surface area contributed by atoms with Crippen LogP contribution in [0.2, 0.25) is 5.02 Å². The zero-order chi connectivity index (χ0) is 18.4. The predicted molar refractivity (Wildman–Crippen MR) is 108 cm³/mol. The number of oxazole rings is 1. The first-order chi connectivity index (χ1) is 13.2. The molecule has 1 unspecified atom stereocenters. The van der Waals surface area contributed by atoms with Crippen molar-refractivity contribution in [2.45, 2.75) is 32.0 Å². The van der Waals surface area contributed by atoms with Gasteiger partial charge in [-0.1, -0.05) is 30.2 Å². The van der Waals surface area contributed by atoms with E-state index in [0.29, 0.717) is 17.3 Å². The summed E-state index contributed by atoms with van der Waals surface area (Å²) in [4.78, 5) is 19.6. The van der Waals surface area contributed by atoms with Gasteiger partial charge in [0.1, 0.15) is 5.01 Å². The van der Waals surface area contributed by atoms with Crippen molar-refractivity contribution in [2.24, 2.45) is 0 Å². The van der Waals surface area contributed by atoms with Crippen LogP contribution in [0.25, 0.3) is 21.3 Å². The second kappa shape index (κ2) is 6.78. The summed E-state index contributed by atoms with van der Waals surface area (Å²) in [6.07, 6.45) is 3.35. The number of benzene rings is 2. The minimum atomic E-state index is -0.346. The van der Waals surface area contributed by atoms with Gasteiger partial charge in [0.15, 0.2) is 5.58 Å². The number of hydrogen-bond donors (Lipinski definition) is 0. The summed E-state index contributed by atoms with van der Waals surface area (Å²) in [5.74, 6) is -0.346. The molecule has 0 saturated carbocycles. The molecule has 27 heavy (non-hydrogen) atoms. The molecule has 5 nitrogen and oxygen atoms in total. The molecule has 0 amide bonds. The van der Waals surface area contributed by atoms with Gasteiger partial charge in [-0.2, -0.15) is 0 Å². The highest BCUT2D eigenvalue weighted by Crippen LogP contribution is 2.36. The Morgan fingerprint density at radius 2 is 2.11 bits per heavy atom. The molecule has 2 aromatic heterocycles. The summed E-state index contributed by atoms with van der Waals surface area (Å²) in [6, 6.07) is 13.8. The van der Waals surface area contributed by atoms with E-state index in [1.807, 2.05) is 18.2 Å². The van der Waals surface area contributed by atoms with Crippen molar-refractivity contribution in [3.05, 3.63) is 63.0 Å². The van der Waals surface area contributed by atoms with Gasteiger partial charge in [-0.05, 0) is 37.1 Å². The number of nitrogens with zero attached hydrogens (tertiary/aromatic N) is 3. The number of thiazole rings is 1. The van der Waals surface area contributed by atoms with Crippen LogP contribution in [0.3, 0.4) is 0 Å². The maximum absolute atomic E-state index is 12.4. The monoisotopic (exact) mass is 399 g/mol. The Morgan fingerprint density at radius 3 is 3.00 bits per heavy atom. The average molecular weight is 400 g/mol. The highest BCUT2D eigenvalue weighted by Gasteiger charge is 2.28. The summed E-state index contributed by atoms with van der Waals surface area (Å²) in [7, 11) is 0. The van der Waals surface area contributed by atoms with Gasteiger partial charge in [0.25, 0.3) is 0 Å². The van der Waals surface area contributed by atoms with E-state index in [9.17, 15) is 4.79 Å². The lowest BCUT2D eigenvalue weighted by molar-refractivity contribution is 0.109. The maximum atomic E-state index is 12.4. The topological polar surface area (TPSA) is 51.3 Å². The van der Waals surface area contributed by atoms with Gasteiger partial charge in [-0.25, -0.2) is 9.78 Å². The molecule has 0 bridgehead atoms. The number of halogens is 1. The summed E-state index contributed by atoms with van der Waals surface area (Å²) >= 11 is 7.77. The first-order valence-corrected chi connectivity index (χ1v) is 10.3. The summed E-state index contributed by atoms with van der Waals surface area (Å²) in [6.45, 7) is 1.43. The van der Waals surface area contributed by atoms with Crippen molar-refractivity contribution in [3.8, 4) is 0 Å². The van der Waals surface area contributed by atoms with Crippen molar-refractivity contribution in [2.75, 3.05) is 6.54 Å². The minimum absolute atomic E-state index is 0.223. The second-order valence-electron chi connectivity index (χ2n) is 6.89. The van der Waals surface area contributed by atoms with Crippen LogP contribution in [0.1, 0.15) is 30.3 Å². The quantitative estimate of drug-likeness (QED) is 0.484. The number of fused-ring (bicyclic) bond motifs is 2. The standard InChI is InChI=1S/C20H18ClN3O2S/c21-13-8-9-15-17(11-13)26-20(25)24(15)12-23-10-4-3-6-16(23)19-22-14-5-1-2-7-18(14)27-19/h1-2,5,7-9,11,16H,3-4,6,10,12H2. The van der Waals surface area contributed by atoms with Crippen molar-refractivity contribution in [1.29, 1.82) is 0 Å². The smallest absolute Gasteiger partial charge is 0.408 e. The number of rotatable bonds is 3. The Morgan fingerprint density at radius 1 is 1.22 bits per heavy atom. The molecule has 138 valence electrons. The Kier molecular flexibility index (Phi) is 4.27. The first-order valence-electron chi connectivity index (χ1n) is 9.07. The Balaban J connectivity index is 1.51. The van der Waals surface area contributed by atoms with Gasteiger partial charge in [-0.15, -0.1) is 11.3 Å². The fraction of sp³-hybridized carbons (Fsp3) is 0.300. The van der Waals surface area contributed by atoms with E-state index in [1.54, 1.807) is 28.0 Å². The molecule has 4 aromatic rings. The van der Waals surface area contributed by atoms with Gasteiger partial charge in [-0.3, -0.25) is 9.47 Å². The molecule has 7 heteroatoms. The van der Waals surface area contributed by atoms with Crippen molar-refractivity contribution >= 4 is 44.3 Å². The zero-order valence-electron chi connectivity index (χ0n) is 14.6. The van der Waals surface area contributed by atoms with E-state index in [0.717, 1.165) is 35.4 Å². The van der Waals surface area contributed by atoms with Gasteiger partial charge in [0.2, 0.25) is 0 Å². The summed E-state index contributed by atoms with van der Waals surface area (Å²) in [5.41, 5.74) is 2.35. The largest absolute Gasteiger partial charge is 0.421 e. The summed E-state index contributed by atoms with van der Waals surface area (Å²) in [5, 5.41) is 1.69. The minimum Gasteiger partial charge on any atom is -0.408 e. The summed E-state index contributed by atoms with van der Waals surface area (Å²) < 4.78 is 8.29. The molecule has 0 aliphatic carbocycles. The third-order valence-electron chi connectivity index (χ3n) is 5.16. The molecule has 1 fully saturated rings. The molecule has 1 aliphatic rings. The van der Waals surface area contributed by atoms with Crippen LogP contribution in [0.15, 0.2) is 51.7 Å². The predicted octanol–water partition coefficient (Wildman–Crippen LogP) is 5.04. The Bertz CT molecular complexity index is 1150. The molecular formula is C20H18ClN3O2S. The van der Waals surface area contributed by atoms with E-state index < -0.39 is 0 Å². The number of hydrogen-bond acceptors (Lipinski definition) is 5. The third-order valence-corrected chi connectivity index (χ3v) is 6.54. The molecule has 1 saturated heterocycles. The van der Waals surface area contributed by atoms with Crippen LogP contribution < -0.4 is 5.76 Å². The van der Waals surface area contributed by atoms with Crippen LogP contribution in [-0.4, -0.2) is 21.0 Å². The zero-order valence-corrected chi connectivity index (χ0v) is 16.2. The van der Waals surface area contributed by atoms with Gasteiger partial charge in [0, 0.05) is 17.6 Å². The SMILES string of the molecule is O=c1oc2cc(Cl)ccc2n1CN1CCCCC1c1nc2ccccc2s1. The first kappa shape index (κ1) is 17.0. The average Bonchev–Trinajstić information content (AvgIpc) is 3.23. The molecule has 3 heterocycles. The van der Waals surface area contributed by atoms with Crippen LogP contribution in [-0.2, 0) is 6.67 Å². The van der Waals surface area contributed by atoms with Crippen molar-refractivity contribution in [1.82, 2.24) is 14.5 Å². The highest BCUT2D eigenvalue weighted by atomic mass is 35.5. The van der Waals surface area contributed by atoms with Crippen molar-refractivity contribution in [3.63, 3.8) is 0 Å². The molecule has 1 aliphatic heterocycles. The van der Waals surface area contributed by atoms with E-state index in [4.69, 9.17) is 21.0 Å². The lowest BCUT2D eigenvalue weighted by Crippen LogP contribution is -2.37. The molecule has 1 atom stereocenters. The number of aromatic nitrogens is 2. The van der Waals surface area contributed by atoms with Gasteiger partial charge in [0.05, 0.1) is 28.4 Å². The molecule has 2 aromatic carbocycles. The van der Waals surface area contributed by atoms with E-state index in [-0.39, 0.29) is 11.8 Å². The fourth-order valence-corrected chi connectivity index (χ4v) is 5.13. The van der Waals surface area contributed by atoms with Crippen LogP contribution >= 0.6 is 22.9 Å². The molecular weight excluding hydrogens is 382 g/mol. The second-order valence-corrected chi connectivity index (χ2v) is 8.39. The molecule has 0 radical (unpaired) electrons. The Hall–Kier alpha value is -2.15. The fourth-order valence-electron chi connectivity index (χ4n) is 3.83. The number of piperidine rings is 1. The van der Waals surface area contributed by atoms with E-state index in [2.05, 4.69) is 17.0 Å². The molecule has 0 spiro atoms. The normalized spacial score (nSPS) is 18.5. The maximum Gasteiger partial charge on any atom is 0.421 e. The van der Waals surface area contributed by atoms with Crippen LogP contribution in [0.4, 0.5) is 0 Å². The van der Waals surface area contributed by atoms with E-state index in [1.165, 1.54) is 11.1 Å². The lowest BCUT2D eigenvalue weighted by Gasteiger charge is -2.34. The molecule has 5 rings (SSSR count). The van der Waals surface area contributed by atoms with Crippen LogP contribution in [0.5, 0.6) is 0 Å². The molecule has 0 N–H and O–H groups in total. The van der Waals surface area contributed by atoms with Gasteiger partial charge < -0.3 is 4.42 Å². The Labute approximate surface area is 164 Å². The van der Waals surface area contributed by atoms with Gasteiger partial charge >= 0.3 is 5.76 Å². The highest BCUT2D eigenvalue weighted by molar-refractivity contribution is 7.18.